The molecule has 0 aromatic heterocycles. The minimum absolute atomic E-state index is 0.00584. The average molecular weight is 377 g/mol. The van der Waals surface area contributed by atoms with E-state index < -0.39 is 10.0 Å². The predicted molar refractivity (Wildman–Crippen MR) is 97.8 cm³/mol. The number of rotatable bonds is 4. The van der Waals surface area contributed by atoms with E-state index in [4.69, 9.17) is 5.14 Å². The van der Waals surface area contributed by atoms with Crippen molar-refractivity contribution >= 4 is 27.3 Å². The molecule has 138 valence electrons. The summed E-state index contributed by atoms with van der Waals surface area (Å²) < 4.78 is 36.4. The number of nitrogens with two attached hydrogens (primary N) is 1. The van der Waals surface area contributed by atoms with Crippen LogP contribution < -0.4 is 15.4 Å². The van der Waals surface area contributed by atoms with Gasteiger partial charge in [0.1, 0.15) is 5.82 Å². The van der Waals surface area contributed by atoms with E-state index in [-0.39, 0.29) is 22.5 Å². The Morgan fingerprint density at radius 2 is 1.69 bits per heavy atom. The van der Waals surface area contributed by atoms with Gasteiger partial charge in [-0.05, 0) is 49.2 Å². The van der Waals surface area contributed by atoms with Crippen molar-refractivity contribution < 1.29 is 17.6 Å². The Hall–Kier alpha value is -2.45. The SMILES string of the molecule is NS(=O)(=O)c1ccc(NC(=O)C2CCN(c3ccccc3F)CC2)cc1. The molecule has 1 heterocycles. The number of hydrogen-bond acceptors (Lipinski definition) is 4. The Morgan fingerprint density at radius 1 is 1.08 bits per heavy atom. The molecule has 6 nitrogen and oxygen atoms in total. The molecule has 3 N–H and O–H groups in total. The van der Waals surface area contributed by atoms with Crippen LogP contribution in [0, 0.1) is 11.7 Å². The highest BCUT2D eigenvalue weighted by atomic mass is 32.2. The monoisotopic (exact) mass is 377 g/mol. The number of primary sulfonamides is 1. The number of anilines is 2. The van der Waals surface area contributed by atoms with Gasteiger partial charge in [0.05, 0.1) is 10.6 Å². The third-order valence-corrected chi connectivity index (χ3v) is 5.44. The number of halogens is 1. The average Bonchev–Trinajstić information content (AvgIpc) is 2.62. The van der Waals surface area contributed by atoms with Crippen LogP contribution >= 0.6 is 0 Å². The maximum absolute atomic E-state index is 13.9. The quantitative estimate of drug-likeness (QED) is 0.855. The maximum atomic E-state index is 13.9. The number of nitrogens with one attached hydrogen (secondary N) is 1. The molecule has 0 aliphatic carbocycles. The summed E-state index contributed by atoms with van der Waals surface area (Å²) in [6.45, 7) is 1.20. The molecule has 1 fully saturated rings. The zero-order valence-electron chi connectivity index (χ0n) is 14.1. The molecule has 0 unspecified atom stereocenters. The van der Waals surface area contributed by atoms with Crippen molar-refractivity contribution in [2.24, 2.45) is 11.1 Å². The second-order valence-electron chi connectivity index (χ2n) is 6.27. The van der Waals surface area contributed by atoms with E-state index >= 15 is 0 Å². The molecule has 26 heavy (non-hydrogen) atoms. The van der Waals surface area contributed by atoms with E-state index in [2.05, 4.69) is 5.32 Å². The molecule has 0 bridgehead atoms. The number of amides is 1. The van der Waals surface area contributed by atoms with Crippen LogP contribution in [0.3, 0.4) is 0 Å². The van der Waals surface area contributed by atoms with Crippen molar-refractivity contribution in [3.05, 3.63) is 54.3 Å². The van der Waals surface area contributed by atoms with Gasteiger partial charge in [0.15, 0.2) is 0 Å². The van der Waals surface area contributed by atoms with Gasteiger partial charge in [-0.25, -0.2) is 17.9 Å². The minimum atomic E-state index is -3.75. The molecular formula is C18H20FN3O3S. The molecule has 0 radical (unpaired) electrons. The molecule has 3 rings (SSSR count). The summed E-state index contributed by atoms with van der Waals surface area (Å²) in [5.41, 5.74) is 1.07. The topological polar surface area (TPSA) is 92.5 Å². The van der Waals surface area contributed by atoms with Crippen LogP contribution in [0.2, 0.25) is 0 Å². The van der Waals surface area contributed by atoms with E-state index in [1.807, 2.05) is 4.90 Å². The van der Waals surface area contributed by atoms with Crippen molar-refractivity contribution in [1.82, 2.24) is 0 Å². The number of carbonyl (C=O) groups is 1. The number of para-hydroxylation sites is 1. The molecule has 0 atom stereocenters. The van der Waals surface area contributed by atoms with Gasteiger partial charge in [-0.1, -0.05) is 12.1 Å². The zero-order valence-corrected chi connectivity index (χ0v) is 14.9. The molecule has 1 amide bonds. The van der Waals surface area contributed by atoms with E-state index in [1.54, 1.807) is 18.2 Å². The summed E-state index contributed by atoms with van der Waals surface area (Å²) in [4.78, 5) is 14.4. The molecule has 2 aromatic rings. The Morgan fingerprint density at radius 3 is 2.27 bits per heavy atom. The van der Waals surface area contributed by atoms with Crippen LogP contribution in [0.15, 0.2) is 53.4 Å². The van der Waals surface area contributed by atoms with Crippen LogP contribution in [0.4, 0.5) is 15.8 Å². The van der Waals surface area contributed by atoms with Gasteiger partial charge in [0, 0.05) is 24.7 Å². The van der Waals surface area contributed by atoms with E-state index in [1.165, 1.54) is 30.3 Å². The van der Waals surface area contributed by atoms with E-state index in [0.717, 1.165) is 0 Å². The smallest absolute Gasteiger partial charge is 0.238 e. The van der Waals surface area contributed by atoms with E-state index in [0.29, 0.717) is 37.3 Å². The minimum Gasteiger partial charge on any atom is -0.369 e. The number of sulfonamides is 1. The number of carbonyl (C=O) groups excluding carboxylic acids is 1. The highest BCUT2D eigenvalue weighted by Crippen LogP contribution is 2.26. The lowest BCUT2D eigenvalue weighted by Gasteiger charge is -2.33. The third-order valence-electron chi connectivity index (χ3n) is 4.51. The first-order valence-corrected chi connectivity index (χ1v) is 9.82. The van der Waals surface area contributed by atoms with Gasteiger partial charge >= 0.3 is 0 Å². The summed E-state index contributed by atoms with van der Waals surface area (Å²) in [7, 11) is -3.75. The summed E-state index contributed by atoms with van der Waals surface area (Å²) >= 11 is 0. The van der Waals surface area contributed by atoms with Gasteiger partial charge in [-0.3, -0.25) is 4.79 Å². The molecule has 0 saturated carbocycles. The zero-order chi connectivity index (χ0) is 18.7. The first kappa shape index (κ1) is 18.3. The van der Waals surface area contributed by atoms with E-state index in [9.17, 15) is 17.6 Å². The van der Waals surface area contributed by atoms with Gasteiger partial charge < -0.3 is 10.2 Å². The molecule has 1 aliphatic heterocycles. The molecule has 1 aliphatic rings. The molecule has 8 heteroatoms. The Labute approximate surface area is 151 Å². The number of hydrogen-bond donors (Lipinski definition) is 2. The lowest BCUT2D eigenvalue weighted by molar-refractivity contribution is -0.120. The molecule has 0 spiro atoms. The largest absolute Gasteiger partial charge is 0.369 e. The van der Waals surface area contributed by atoms with Gasteiger partial charge in [-0.2, -0.15) is 0 Å². The first-order chi connectivity index (χ1) is 12.3. The van der Waals surface area contributed by atoms with Crippen molar-refractivity contribution in [3.63, 3.8) is 0 Å². The van der Waals surface area contributed by atoms with Crippen LogP contribution in [-0.2, 0) is 14.8 Å². The summed E-state index contributed by atoms with van der Waals surface area (Å²) in [6.07, 6.45) is 1.24. The van der Waals surface area contributed by atoms with Crippen molar-refractivity contribution in [3.8, 4) is 0 Å². The summed E-state index contributed by atoms with van der Waals surface area (Å²) in [5.74, 6) is -0.553. The molecule has 1 saturated heterocycles. The van der Waals surface area contributed by atoms with Gasteiger partial charge in [0.25, 0.3) is 0 Å². The van der Waals surface area contributed by atoms with Crippen LogP contribution in [0.25, 0.3) is 0 Å². The molecule has 2 aromatic carbocycles. The Kier molecular flexibility index (Phi) is 5.24. The number of piperidine rings is 1. The fourth-order valence-electron chi connectivity index (χ4n) is 3.06. The lowest BCUT2D eigenvalue weighted by atomic mass is 9.95. The maximum Gasteiger partial charge on any atom is 0.238 e. The number of nitrogens with zero attached hydrogens (tertiary/aromatic N) is 1. The fourth-order valence-corrected chi connectivity index (χ4v) is 3.58. The van der Waals surface area contributed by atoms with Crippen molar-refractivity contribution in [2.45, 2.75) is 17.7 Å². The standard InChI is InChI=1S/C18H20FN3O3S/c19-16-3-1-2-4-17(16)22-11-9-13(10-12-22)18(23)21-14-5-7-15(8-6-14)26(20,24)25/h1-8,13H,9-12H2,(H,21,23)(H2,20,24,25). The van der Waals surface area contributed by atoms with Gasteiger partial charge in [0.2, 0.25) is 15.9 Å². The van der Waals surface area contributed by atoms with Crippen molar-refractivity contribution in [1.29, 1.82) is 0 Å². The van der Waals surface area contributed by atoms with Crippen LogP contribution in [0.1, 0.15) is 12.8 Å². The molecular weight excluding hydrogens is 357 g/mol. The second kappa shape index (κ2) is 7.43. The number of benzene rings is 2. The summed E-state index contributed by atoms with van der Waals surface area (Å²) in [5, 5.41) is 7.84. The predicted octanol–water partition coefficient (Wildman–Crippen LogP) is 2.33. The van der Waals surface area contributed by atoms with Crippen molar-refractivity contribution in [2.75, 3.05) is 23.3 Å². The fraction of sp³-hybridized carbons (Fsp3) is 0.278. The normalized spacial score (nSPS) is 15.7. The summed E-state index contributed by atoms with van der Waals surface area (Å²) in [6, 6.07) is 12.3. The van der Waals surface area contributed by atoms with Crippen LogP contribution in [0.5, 0.6) is 0 Å². The third kappa shape index (κ3) is 4.20. The lowest BCUT2D eigenvalue weighted by Crippen LogP contribution is -2.38. The highest BCUT2D eigenvalue weighted by Gasteiger charge is 2.26. The highest BCUT2D eigenvalue weighted by molar-refractivity contribution is 7.89. The first-order valence-electron chi connectivity index (χ1n) is 8.28. The van der Waals surface area contributed by atoms with Gasteiger partial charge in [-0.15, -0.1) is 0 Å². The van der Waals surface area contributed by atoms with Crippen LogP contribution in [-0.4, -0.2) is 27.4 Å². The Bertz CT molecular complexity index is 892. The Balaban J connectivity index is 1.58. The second-order valence-corrected chi connectivity index (χ2v) is 7.83.